The highest BCUT2D eigenvalue weighted by atomic mass is 79.9. The second-order valence-corrected chi connectivity index (χ2v) is 7.11. The predicted octanol–water partition coefficient (Wildman–Crippen LogP) is 6.45. The zero-order chi connectivity index (χ0) is 14.4. The van der Waals surface area contributed by atoms with Gasteiger partial charge in [-0.2, -0.15) is 0 Å². The van der Waals surface area contributed by atoms with Crippen LogP contribution in [-0.2, 0) is 0 Å². The topological polar surface area (TPSA) is 20.2 Å². The monoisotopic (exact) mass is 354 g/mol. The largest absolute Gasteiger partial charge is 0.388 e. The molecular formula is C17H23BrOS. The lowest BCUT2D eigenvalue weighted by Gasteiger charge is -2.10. The summed E-state index contributed by atoms with van der Waals surface area (Å²) in [5.74, 6) is 0. The summed E-state index contributed by atoms with van der Waals surface area (Å²) in [6, 6.07) is 6.21. The molecule has 2 rings (SSSR count). The number of fused-ring (bicyclic) bond motifs is 1. The van der Waals surface area contributed by atoms with Crippen LogP contribution in [0.15, 0.2) is 28.1 Å². The van der Waals surface area contributed by atoms with Gasteiger partial charge in [0.05, 0.1) is 6.10 Å². The van der Waals surface area contributed by atoms with Gasteiger partial charge in [0.1, 0.15) is 0 Å². The molecule has 0 amide bonds. The maximum atomic E-state index is 10.4. The molecule has 0 aliphatic rings. The number of thiophene rings is 1. The van der Waals surface area contributed by atoms with Crippen LogP contribution in [0.5, 0.6) is 0 Å². The van der Waals surface area contributed by atoms with Crippen molar-refractivity contribution < 1.29 is 5.11 Å². The molecule has 1 N–H and O–H groups in total. The Bertz CT molecular complexity index is 535. The molecule has 0 bridgehead atoms. The predicted molar refractivity (Wildman–Crippen MR) is 92.5 cm³/mol. The van der Waals surface area contributed by atoms with Crippen molar-refractivity contribution in [2.75, 3.05) is 0 Å². The molecule has 0 aliphatic carbocycles. The summed E-state index contributed by atoms with van der Waals surface area (Å²) in [7, 11) is 0. The van der Waals surface area contributed by atoms with Gasteiger partial charge < -0.3 is 5.11 Å². The third-order valence-corrected chi connectivity index (χ3v) is 5.74. The Morgan fingerprint density at radius 1 is 1.15 bits per heavy atom. The van der Waals surface area contributed by atoms with Crippen molar-refractivity contribution >= 4 is 37.4 Å². The minimum Gasteiger partial charge on any atom is -0.388 e. The molecule has 1 aromatic carbocycles. The van der Waals surface area contributed by atoms with Crippen LogP contribution < -0.4 is 0 Å². The van der Waals surface area contributed by atoms with E-state index in [1.807, 2.05) is 6.07 Å². The lowest BCUT2D eigenvalue weighted by molar-refractivity contribution is 0.165. The Kier molecular flexibility index (Phi) is 6.53. The van der Waals surface area contributed by atoms with E-state index in [0.29, 0.717) is 0 Å². The number of benzene rings is 1. The van der Waals surface area contributed by atoms with Gasteiger partial charge in [-0.05, 0) is 44.7 Å². The van der Waals surface area contributed by atoms with Crippen LogP contribution in [0.4, 0.5) is 0 Å². The molecule has 110 valence electrons. The Hall–Kier alpha value is -0.380. The van der Waals surface area contributed by atoms with Crippen LogP contribution in [0, 0.1) is 0 Å². The minimum atomic E-state index is -0.316. The molecular weight excluding hydrogens is 332 g/mol. The van der Waals surface area contributed by atoms with E-state index in [4.69, 9.17) is 0 Å². The zero-order valence-corrected chi connectivity index (χ0v) is 14.5. The van der Waals surface area contributed by atoms with Gasteiger partial charge in [-0.15, -0.1) is 11.3 Å². The second kappa shape index (κ2) is 8.16. The van der Waals surface area contributed by atoms with E-state index in [1.54, 1.807) is 11.3 Å². The fraction of sp³-hybridized carbons (Fsp3) is 0.529. The summed E-state index contributed by atoms with van der Waals surface area (Å²) in [6.45, 7) is 2.24. The van der Waals surface area contributed by atoms with Gasteiger partial charge >= 0.3 is 0 Å². The standard InChI is InChI=1S/C17H23BrOS/c1-2-3-4-5-6-7-11-16(19)14-12-20-17-13(14)9-8-10-15(17)18/h8-10,12,16,19H,2-7,11H2,1H3. The Morgan fingerprint density at radius 2 is 1.90 bits per heavy atom. The summed E-state index contributed by atoms with van der Waals surface area (Å²) in [5.41, 5.74) is 1.10. The van der Waals surface area contributed by atoms with E-state index in [9.17, 15) is 5.11 Å². The van der Waals surface area contributed by atoms with Crippen molar-refractivity contribution in [3.8, 4) is 0 Å². The zero-order valence-electron chi connectivity index (χ0n) is 12.1. The molecule has 1 atom stereocenters. The van der Waals surface area contributed by atoms with E-state index in [0.717, 1.165) is 22.9 Å². The van der Waals surface area contributed by atoms with Crippen LogP contribution in [0.2, 0.25) is 0 Å². The van der Waals surface area contributed by atoms with Crippen LogP contribution in [0.25, 0.3) is 10.1 Å². The van der Waals surface area contributed by atoms with Crippen LogP contribution in [0.1, 0.15) is 63.5 Å². The molecule has 20 heavy (non-hydrogen) atoms. The summed E-state index contributed by atoms with van der Waals surface area (Å²) < 4.78 is 2.36. The average molecular weight is 355 g/mol. The first-order valence-electron chi connectivity index (χ1n) is 7.57. The van der Waals surface area contributed by atoms with Crippen molar-refractivity contribution in [2.45, 2.75) is 58.0 Å². The number of halogens is 1. The van der Waals surface area contributed by atoms with Crippen LogP contribution in [-0.4, -0.2) is 5.11 Å². The van der Waals surface area contributed by atoms with E-state index in [-0.39, 0.29) is 6.10 Å². The first kappa shape index (κ1) is 16.0. The van der Waals surface area contributed by atoms with Crippen molar-refractivity contribution in [2.24, 2.45) is 0 Å². The number of hydrogen-bond acceptors (Lipinski definition) is 2. The number of aliphatic hydroxyl groups is 1. The van der Waals surface area contributed by atoms with Crippen molar-refractivity contribution in [1.82, 2.24) is 0 Å². The van der Waals surface area contributed by atoms with Crippen molar-refractivity contribution in [3.63, 3.8) is 0 Å². The lowest BCUT2D eigenvalue weighted by atomic mass is 10.0. The summed E-state index contributed by atoms with van der Waals surface area (Å²) in [6.07, 6.45) is 8.19. The first-order valence-corrected chi connectivity index (χ1v) is 9.25. The molecule has 0 fully saturated rings. The van der Waals surface area contributed by atoms with Gasteiger partial charge in [0.15, 0.2) is 0 Å². The molecule has 1 heterocycles. The normalized spacial score (nSPS) is 12.9. The fourth-order valence-corrected chi connectivity index (χ4v) is 4.24. The SMILES string of the molecule is CCCCCCCCC(O)c1csc2c(Br)cccc12. The van der Waals surface area contributed by atoms with E-state index < -0.39 is 0 Å². The van der Waals surface area contributed by atoms with Crippen LogP contribution >= 0.6 is 27.3 Å². The maximum absolute atomic E-state index is 10.4. The molecule has 0 saturated carbocycles. The Balaban J connectivity index is 1.88. The van der Waals surface area contributed by atoms with Gasteiger partial charge in [0, 0.05) is 9.17 Å². The van der Waals surface area contributed by atoms with Gasteiger partial charge in [-0.3, -0.25) is 0 Å². The minimum absolute atomic E-state index is 0.316. The maximum Gasteiger partial charge on any atom is 0.0804 e. The third kappa shape index (κ3) is 4.06. The number of hydrogen-bond donors (Lipinski definition) is 1. The van der Waals surface area contributed by atoms with Gasteiger partial charge in [0.2, 0.25) is 0 Å². The fourth-order valence-electron chi connectivity index (χ4n) is 2.57. The lowest BCUT2D eigenvalue weighted by Crippen LogP contribution is -1.96. The molecule has 2 aromatic rings. The molecule has 1 aromatic heterocycles. The highest BCUT2D eigenvalue weighted by Crippen LogP contribution is 2.36. The molecule has 0 spiro atoms. The van der Waals surface area contributed by atoms with E-state index in [1.165, 1.54) is 42.2 Å². The third-order valence-electron chi connectivity index (χ3n) is 3.77. The Morgan fingerprint density at radius 3 is 2.70 bits per heavy atom. The number of rotatable bonds is 8. The summed E-state index contributed by atoms with van der Waals surface area (Å²) >= 11 is 5.29. The summed E-state index contributed by atoms with van der Waals surface area (Å²) in [5, 5.41) is 13.7. The molecule has 3 heteroatoms. The van der Waals surface area contributed by atoms with E-state index in [2.05, 4.69) is 40.4 Å². The van der Waals surface area contributed by atoms with Gasteiger partial charge in [0.25, 0.3) is 0 Å². The highest BCUT2D eigenvalue weighted by molar-refractivity contribution is 9.10. The molecule has 0 aliphatic heterocycles. The van der Waals surface area contributed by atoms with Gasteiger partial charge in [-0.1, -0.05) is 57.6 Å². The quantitative estimate of drug-likeness (QED) is 0.540. The first-order chi connectivity index (χ1) is 9.74. The Labute approximate surface area is 134 Å². The molecule has 1 unspecified atom stereocenters. The van der Waals surface area contributed by atoms with Crippen molar-refractivity contribution in [1.29, 1.82) is 0 Å². The highest BCUT2D eigenvalue weighted by Gasteiger charge is 2.13. The number of aliphatic hydroxyl groups excluding tert-OH is 1. The van der Waals surface area contributed by atoms with E-state index >= 15 is 0 Å². The second-order valence-electron chi connectivity index (χ2n) is 5.38. The number of unbranched alkanes of at least 4 members (excludes halogenated alkanes) is 5. The van der Waals surface area contributed by atoms with Gasteiger partial charge in [-0.25, -0.2) is 0 Å². The smallest absolute Gasteiger partial charge is 0.0804 e. The van der Waals surface area contributed by atoms with Crippen LogP contribution in [0.3, 0.4) is 0 Å². The molecule has 0 saturated heterocycles. The molecule has 0 radical (unpaired) electrons. The molecule has 1 nitrogen and oxygen atoms in total. The van der Waals surface area contributed by atoms with Crippen molar-refractivity contribution in [3.05, 3.63) is 33.6 Å². The average Bonchev–Trinajstić information content (AvgIpc) is 2.88. The summed E-state index contributed by atoms with van der Waals surface area (Å²) in [4.78, 5) is 0.